The maximum absolute atomic E-state index is 12.9. The second-order valence-corrected chi connectivity index (χ2v) is 2.60. The molecule has 0 aromatic carbocycles. The molecule has 0 aromatic heterocycles. The van der Waals surface area contributed by atoms with Gasteiger partial charge in [-0.05, 0) is 13.0 Å². The van der Waals surface area contributed by atoms with Gasteiger partial charge < -0.3 is 10.2 Å². The summed E-state index contributed by atoms with van der Waals surface area (Å²) in [5.74, 6) is 4.84. The number of hydrogen-bond donors (Lipinski definition) is 2. The van der Waals surface area contributed by atoms with Crippen molar-refractivity contribution in [1.82, 2.24) is 5.32 Å². The number of hydrogen-bond acceptors (Lipinski definition) is 3. The van der Waals surface area contributed by atoms with Crippen molar-refractivity contribution in [3.63, 3.8) is 0 Å². The highest BCUT2D eigenvalue weighted by molar-refractivity contribution is 4.77. The zero-order valence-corrected chi connectivity index (χ0v) is 5.85. The first-order valence-corrected chi connectivity index (χ1v) is 3.51. The van der Waals surface area contributed by atoms with Crippen LogP contribution in [-0.2, 0) is 4.84 Å². The molecule has 4 heteroatoms. The third-order valence-corrected chi connectivity index (χ3v) is 1.87. The second kappa shape index (κ2) is 3.85. The molecular formula is C6H13FN2O. The molecule has 3 N–H and O–H groups in total. The van der Waals surface area contributed by atoms with E-state index in [4.69, 9.17) is 5.90 Å². The molecule has 0 radical (unpaired) electrons. The predicted molar refractivity (Wildman–Crippen MR) is 36.0 cm³/mol. The van der Waals surface area contributed by atoms with Crippen molar-refractivity contribution in [2.24, 2.45) is 11.8 Å². The maximum atomic E-state index is 12.9. The number of nitrogens with one attached hydrogen (secondary N) is 1. The van der Waals surface area contributed by atoms with Crippen LogP contribution in [0.15, 0.2) is 0 Å². The van der Waals surface area contributed by atoms with Crippen LogP contribution in [0.4, 0.5) is 4.39 Å². The number of rotatable bonds is 3. The van der Waals surface area contributed by atoms with Crippen LogP contribution < -0.4 is 11.2 Å². The van der Waals surface area contributed by atoms with Crippen LogP contribution in [0, 0.1) is 5.92 Å². The molecule has 10 heavy (non-hydrogen) atoms. The van der Waals surface area contributed by atoms with Crippen LogP contribution in [0.2, 0.25) is 0 Å². The lowest BCUT2D eigenvalue weighted by Crippen LogP contribution is -2.25. The molecule has 1 rings (SSSR count). The summed E-state index contributed by atoms with van der Waals surface area (Å²) in [5, 5.41) is 3.08. The van der Waals surface area contributed by atoms with E-state index in [-0.39, 0.29) is 12.5 Å². The largest absolute Gasteiger partial charge is 0.316 e. The van der Waals surface area contributed by atoms with Crippen LogP contribution >= 0.6 is 0 Å². The Morgan fingerprint density at radius 1 is 1.80 bits per heavy atom. The molecule has 0 saturated carbocycles. The van der Waals surface area contributed by atoms with E-state index in [1.54, 1.807) is 0 Å². The lowest BCUT2D eigenvalue weighted by Gasteiger charge is -2.11. The molecule has 3 nitrogen and oxygen atoms in total. The molecular weight excluding hydrogens is 135 g/mol. The normalized spacial score (nSPS) is 28.8. The Morgan fingerprint density at radius 2 is 2.60 bits per heavy atom. The molecule has 1 saturated heterocycles. The Kier molecular flexibility index (Phi) is 3.05. The van der Waals surface area contributed by atoms with Gasteiger partial charge >= 0.3 is 0 Å². The topological polar surface area (TPSA) is 47.3 Å². The fourth-order valence-corrected chi connectivity index (χ4v) is 1.21. The van der Waals surface area contributed by atoms with Gasteiger partial charge in [0.25, 0.3) is 0 Å². The predicted octanol–water partition coefficient (Wildman–Crippen LogP) is -0.176. The number of alkyl halides is 1. The summed E-state index contributed by atoms with van der Waals surface area (Å²) in [6.45, 7) is 1.69. The minimum Gasteiger partial charge on any atom is -0.316 e. The lowest BCUT2D eigenvalue weighted by molar-refractivity contribution is 0.0586. The van der Waals surface area contributed by atoms with Gasteiger partial charge in [0.15, 0.2) is 0 Å². The monoisotopic (exact) mass is 148 g/mol. The highest BCUT2D eigenvalue weighted by atomic mass is 19.1. The van der Waals surface area contributed by atoms with Crippen LogP contribution in [0.25, 0.3) is 0 Å². The average Bonchev–Trinajstić information content (AvgIpc) is 2.38. The minimum atomic E-state index is -0.903. The minimum absolute atomic E-state index is 0.0202. The van der Waals surface area contributed by atoms with Gasteiger partial charge in [-0.3, -0.25) is 0 Å². The van der Waals surface area contributed by atoms with E-state index >= 15 is 0 Å². The first-order valence-electron chi connectivity index (χ1n) is 3.51. The Balaban J connectivity index is 2.18. The Bertz CT molecular complexity index is 95.7. The Labute approximate surface area is 59.7 Å². The van der Waals surface area contributed by atoms with Gasteiger partial charge in [-0.1, -0.05) is 0 Å². The zero-order chi connectivity index (χ0) is 7.40. The first kappa shape index (κ1) is 7.91. The molecule has 2 unspecified atom stereocenters. The van der Waals surface area contributed by atoms with Crippen molar-refractivity contribution in [2.45, 2.75) is 12.6 Å². The fourth-order valence-electron chi connectivity index (χ4n) is 1.21. The molecule has 1 heterocycles. The second-order valence-electron chi connectivity index (χ2n) is 2.60. The number of nitrogens with two attached hydrogens (primary N) is 1. The van der Waals surface area contributed by atoms with Crippen molar-refractivity contribution in [1.29, 1.82) is 0 Å². The van der Waals surface area contributed by atoms with Crippen LogP contribution in [0.1, 0.15) is 6.42 Å². The highest BCUT2D eigenvalue weighted by Gasteiger charge is 2.24. The molecule has 1 aliphatic rings. The standard InChI is InChI=1S/C6H13FN2O/c7-6(4-10-8)5-1-2-9-3-5/h5-6,9H,1-4,8H2. The van der Waals surface area contributed by atoms with Crippen LogP contribution in [0.3, 0.4) is 0 Å². The summed E-state index contributed by atoms with van der Waals surface area (Å²) >= 11 is 0. The molecule has 1 fully saturated rings. The zero-order valence-electron chi connectivity index (χ0n) is 5.85. The number of halogens is 1. The quantitative estimate of drug-likeness (QED) is 0.546. The van der Waals surface area contributed by atoms with Gasteiger partial charge in [-0.25, -0.2) is 10.3 Å². The summed E-state index contributed by atoms with van der Waals surface area (Å²) < 4.78 is 12.9. The van der Waals surface area contributed by atoms with E-state index in [0.29, 0.717) is 0 Å². The molecule has 60 valence electrons. The Hall–Kier alpha value is -0.190. The third-order valence-electron chi connectivity index (χ3n) is 1.87. The van der Waals surface area contributed by atoms with Crippen LogP contribution in [-0.4, -0.2) is 25.9 Å². The maximum Gasteiger partial charge on any atom is 0.129 e. The third kappa shape index (κ3) is 1.90. The summed E-state index contributed by atoms with van der Waals surface area (Å²) in [6, 6.07) is 0. The molecule has 0 aliphatic carbocycles. The highest BCUT2D eigenvalue weighted by Crippen LogP contribution is 2.15. The van der Waals surface area contributed by atoms with E-state index in [1.807, 2.05) is 0 Å². The van der Waals surface area contributed by atoms with Crippen molar-refractivity contribution in [2.75, 3.05) is 19.7 Å². The van der Waals surface area contributed by atoms with Gasteiger partial charge in [0, 0.05) is 12.5 Å². The van der Waals surface area contributed by atoms with Gasteiger partial charge in [0.2, 0.25) is 0 Å². The van der Waals surface area contributed by atoms with Crippen molar-refractivity contribution < 1.29 is 9.23 Å². The summed E-state index contributed by atoms with van der Waals surface area (Å²) in [6.07, 6.45) is -0.00940. The van der Waals surface area contributed by atoms with Gasteiger partial charge in [-0.2, -0.15) is 0 Å². The lowest BCUT2D eigenvalue weighted by atomic mass is 10.0. The average molecular weight is 148 g/mol. The van der Waals surface area contributed by atoms with E-state index in [9.17, 15) is 4.39 Å². The summed E-state index contributed by atoms with van der Waals surface area (Å²) in [5.41, 5.74) is 0. The molecule has 0 spiro atoms. The summed E-state index contributed by atoms with van der Waals surface area (Å²) in [4.78, 5) is 4.21. The van der Waals surface area contributed by atoms with E-state index in [2.05, 4.69) is 10.2 Å². The van der Waals surface area contributed by atoms with Crippen LogP contribution in [0.5, 0.6) is 0 Å². The molecule has 2 atom stereocenters. The summed E-state index contributed by atoms with van der Waals surface area (Å²) in [7, 11) is 0. The van der Waals surface area contributed by atoms with E-state index < -0.39 is 6.17 Å². The smallest absolute Gasteiger partial charge is 0.129 e. The molecule has 0 amide bonds. The van der Waals surface area contributed by atoms with Gasteiger partial charge in [0.05, 0.1) is 6.61 Å². The SMILES string of the molecule is NOCC(F)C1CCNC1. The fraction of sp³-hybridized carbons (Fsp3) is 1.00. The first-order chi connectivity index (χ1) is 4.84. The van der Waals surface area contributed by atoms with Crippen molar-refractivity contribution in [3.8, 4) is 0 Å². The van der Waals surface area contributed by atoms with E-state index in [1.165, 1.54) is 0 Å². The van der Waals surface area contributed by atoms with E-state index in [0.717, 1.165) is 19.5 Å². The van der Waals surface area contributed by atoms with Crippen molar-refractivity contribution >= 4 is 0 Å². The van der Waals surface area contributed by atoms with Gasteiger partial charge in [-0.15, -0.1) is 0 Å². The molecule has 1 aliphatic heterocycles. The van der Waals surface area contributed by atoms with Crippen molar-refractivity contribution in [3.05, 3.63) is 0 Å². The molecule has 0 aromatic rings. The Morgan fingerprint density at radius 3 is 3.10 bits per heavy atom. The van der Waals surface area contributed by atoms with Gasteiger partial charge in [0.1, 0.15) is 6.17 Å². The molecule has 0 bridgehead atoms.